The maximum absolute atomic E-state index is 12.1. The molecule has 2 aromatic rings. The second-order valence-electron chi connectivity index (χ2n) is 5.75. The van der Waals surface area contributed by atoms with Crippen molar-refractivity contribution in [1.29, 1.82) is 0 Å². The number of amides is 2. The molecule has 2 amide bonds. The van der Waals surface area contributed by atoms with Gasteiger partial charge in [0.25, 0.3) is 0 Å². The second-order valence-corrected chi connectivity index (χ2v) is 6.62. The van der Waals surface area contributed by atoms with Crippen LogP contribution in [0.2, 0.25) is 10.0 Å². The lowest BCUT2D eigenvalue weighted by Gasteiger charge is -2.22. The Bertz CT molecular complexity index is 758. The van der Waals surface area contributed by atoms with E-state index in [-0.39, 0.29) is 11.8 Å². The predicted molar refractivity (Wildman–Crippen MR) is 102 cm³/mol. The van der Waals surface area contributed by atoms with Gasteiger partial charge in [-0.1, -0.05) is 47.5 Å². The summed E-state index contributed by atoms with van der Waals surface area (Å²) < 4.78 is 0. The Morgan fingerprint density at radius 3 is 2.32 bits per heavy atom. The summed E-state index contributed by atoms with van der Waals surface area (Å²) in [5.74, 6) is -0.228. The van der Waals surface area contributed by atoms with Gasteiger partial charge < -0.3 is 10.2 Å². The van der Waals surface area contributed by atoms with Crippen LogP contribution in [-0.2, 0) is 16.0 Å². The van der Waals surface area contributed by atoms with E-state index in [2.05, 4.69) is 5.32 Å². The van der Waals surface area contributed by atoms with Crippen LogP contribution in [-0.4, -0.2) is 24.9 Å². The topological polar surface area (TPSA) is 49.4 Å². The highest BCUT2D eigenvalue weighted by molar-refractivity contribution is 6.35. The van der Waals surface area contributed by atoms with Gasteiger partial charge in [0, 0.05) is 35.7 Å². The van der Waals surface area contributed by atoms with E-state index in [1.165, 1.54) is 11.8 Å². The van der Waals surface area contributed by atoms with Crippen LogP contribution in [0.15, 0.2) is 42.5 Å². The van der Waals surface area contributed by atoms with Crippen molar-refractivity contribution in [2.45, 2.75) is 20.3 Å². The number of hydrogen-bond donors (Lipinski definition) is 1. The number of nitrogens with one attached hydrogen (secondary N) is 1. The molecule has 0 heterocycles. The van der Waals surface area contributed by atoms with Crippen LogP contribution in [0.4, 0.5) is 5.69 Å². The largest absolute Gasteiger partial charge is 0.354 e. The summed E-state index contributed by atoms with van der Waals surface area (Å²) in [4.78, 5) is 25.5. The number of benzene rings is 2. The Labute approximate surface area is 157 Å². The van der Waals surface area contributed by atoms with Gasteiger partial charge in [0.05, 0.1) is 6.42 Å². The normalized spacial score (nSPS) is 10.4. The Morgan fingerprint density at radius 1 is 1.08 bits per heavy atom. The number of nitrogens with zero attached hydrogens (tertiary/aromatic N) is 1. The number of carbonyl (C=O) groups excluding carboxylic acids is 2. The number of rotatable bonds is 6. The molecular weight excluding hydrogens is 359 g/mol. The molecule has 0 radical (unpaired) electrons. The standard InChI is InChI=1S/C19H20Cl2N2O2/c1-13-5-3-4-6-15(13)9-19(25)22-7-8-23(14(2)24)18-11-16(20)10-17(21)12-18/h3-6,10-12H,7-9H2,1-2H3,(H,22,25). The van der Waals surface area contributed by atoms with E-state index >= 15 is 0 Å². The predicted octanol–water partition coefficient (Wildman–Crippen LogP) is 4.01. The fourth-order valence-corrected chi connectivity index (χ4v) is 3.03. The average Bonchev–Trinajstić information content (AvgIpc) is 2.52. The first-order chi connectivity index (χ1) is 11.9. The lowest BCUT2D eigenvalue weighted by Crippen LogP contribution is -2.38. The minimum Gasteiger partial charge on any atom is -0.354 e. The lowest BCUT2D eigenvalue weighted by molar-refractivity contribution is -0.121. The molecule has 0 bridgehead atoms. The molecule has 0 aromatic heterocycles. The molecular formula is C19H20Cl2N2O2. The van der Waals surface area contributed by atoms with Crippen LogP contribution in [0.5, 0.6) is 0 Å². The number of halogens is 2. The van der Waals surface area contributed by atoms with Crippen molar-refractivity contribution in [1.82, 2.24) is 5.32 Å². The molecule has 0 saturated carbocycles. The molecule has 1 N–H and O–H groups in total. The van der Waals surface area contributed by atoms with Gasteiger partial charge in [0.15, 0.2) is 0 Å². The molecule has 0 spiro atoms. The van der Waals surface area contributed by atoms with Crippen molar-refractivity contribution in [2.24, 2.45) is 0 Å². The number of hydrogen-bond acceptors (Lipinski definition) is 2. The maximum Gasteiger partial charge on any atom is 0.224 e. The highest BCUT2D eigenvalue weighted by atomic mass is 35.5. The summed E-state index contributed by atoms with van der Waals surface area (Å²) in [5, 5.41) is 3.76. The number of anilines is 1. The minimum atomic E-state index is -0.147. The smallest absolute Gasteiger partial charge is 0.224 e. The summed E-state index contributed by atoms with van der Waals surface area (Å²) >= 11 is 12.0. The molecule has 132 valence electrons. The van der Waals surface area contributed by atoms with Crippen molar-refractivity contribution in [3.8, 4) is 0 Å². The molecule has 4 nitrogen and oxygen atoms in total. The third-order valence-electron chi connectivity index (χ3n) is 3.81. The first-order valence-corrected chi connectivity index (χ1v) is 8.68. The summed E-state index contributed by atoms with van der Waals surface area (Å²) in [5.41, 5.74) is 2.68. The molecule has 0 aliphatic carbocycles. The van der Waals surface area contributed by atoms with Crippen LogP contribution in [0.1, 0.15) is 18.1 Å². The van der Waals surface area contributed by atoms with Crippen molar-refractivity contribution in [2.75, 3.05) is 18.0 Å². The number of carbonyl (C=O) groups is 2. The Hall–Kier alpha value is -2.04. The van der Waals surface area contributed by atoms with Crippen molar-refractivity contribution >= 4 is 40.7 Å². The first-order valence-electron chi connectivity index (χ1n) is 7.92. The zero-order valence-electron chi connectivity index (χ0n) is 14.2. The fourth-order valence-electron chi connectivity index (χ4n) is 2.51. The van der Waals surface area contributed by atoms with E-state index in [1.807, 2.05) is 31.2 Å². The van der Waals surface area contributed by atoms with E-state index in [1.54, 1.807) is 18.2 Å². The first kappa shape index (κ1) is 19.3. The zero-order valence-corrected chi connectivity index (χ0v) is 15.7. The van der Waals surface area contributed by atoms with Crippen molar-refractivity contribution in [3.63, 3.8) is 0 Å². The third kappa shape index (κ3) is 5.76. The van der Waals surface area contributed by atoms with E-state index < -0.39 is 0 Å². The maximum atomic E-state index is 12.1. The van der Waals surface area contributed by atoms with Gasteiger partial charge in [-0.15, -0.1) is 0 Å². The monoisotopic (exact) mass is 378 g/mol. The molecule has 0 aliphatic rings. The summed E-state index contributed by atoms with van der Waals surface area (Å²) in [6.07, 6.45) is 0.315. The summed E-state index contributed by atoms with van der Waals surface area (Å²) in [6.45, 7) is 4.12. The van der Waals surface area contributed by atoms with E-state index in [9.17, 15) is 9.59 Å². The highest BCUT2D eigenvalue weighted by Gasteiger charge is 2.13. The van der Waals surface area contributed by atoms with Gasteiger partial charge in [-0.3, -0.25) is 9.59 Å². The molecule has 2 rings (SSSR count). The Morgan fingerprint density at radius 2 is 1.72 bits per heavy atom. The van der Waals surface area contributed by atoms with Gasteiger partial charge >= 0.3 is 0 Å². The lowest BCUT2D eigenvalue weighted by atomic mass is 10.1. The molecule has 6 heteroatoms. The molecule has 0 fully saturated rings. The molecule has 0 unspecified atom stereocenters. The summed E-state index contributed by atoms with van der Waals surface area (Å²) in [7, 11) is 0. The molecule has 0 atom stereocenters. The summed E-state index contributed by atoms with van der Waals surface area (Å²) in [6, 6.07) is 12.7. The Balaban J connectivity index is 1.94. The zero-order chi connectivity index (χ0) is 18.4. The minimum absolute atomic E-state index is 0.0815. The fraction of sp³-hybridized carbons (Fsp3) is 0.263. The van der Waals surface area contributed by atoms with Crippen LogP contribution in [0, 0.1) is 6.92 Å². The third-order valence-corrected chi connectivity index (χ3v) is 4.25. The van der Waals surface area contributed by atoms with E-state index in [0.717, 1.165) is 11.1 Å². The van der Waals surface area contributed by atoms with Gasteiger partial charge in [0.2, 0.25) is 11.8 Å². The molecule has 2 aromatic carbocycles. The SMILES string of the molecule is CC(=O)N(CCNC(=O)Cc1ccccc1C)c1cc(Cl)cc(Cl)c1. The van der Waals surface area contributed by atoms with Gasteiger partial charge in [-0.05, 0) is 36.2 Å². The van der Waals surface area contributed by atoms with Crippen LogP contribution in [0.25, 0.3) is 0 Å². The molecule has 0 saturated heterocycles. The molecule has 25 heavy (non-hydrogen) atoms. The molecule has 0 aliphatic heterocycles. The van der Waals surface area contributed by atoms with E-state index in [4.69, 9.17) is 23.2 Å². The average molecular weight is 379 g/mol. The number of aryl methyl sites for hydroxylation is 1. The van der Waals surface area contributed by atoms with Crippen LogP contribution < -0.4 is 10.2 Å². The van der Waals surface area contributed by atoms with Crippen LogP contribution in [0.3, 0.4) is 0 Å². The van der Waals surface area contributed by atoms with E-state index in [0.29, 0.717) is 35.2 Å². The van der Waals surface area contributed by atoms with Gasteiger partial charge in [0.1, 0.15) is 0 Å². The Kier molecular flexibility index (Phi) is 6.85. The van der Waals surface area contributed by atoms with Gasteiger partial charge in [-0.2, -0.15) is 0 Å². The van der Waals surface area contributed by atoms with Crippen LogP contribution >= 0.6 is 23.2 Å². The quantitative estimate of drug-likeness (QED) is 0.825. The second kappa shape index (κ2) is 8.88. The van der Waals surface area contributed by atoms with Crippen molar-refractivity contribution in [3.05, 3.63) is 63.6 Å². The van der Waals surface area contributed by atoms with Crippen molar-refractivity contribution < 1.29 is 9.59 Å². The highest BCUT2D eigenvalue weighted by Crippen LogP contribution is 2.25. The van der Waals surface area contributed by atoms with Gasteiger partial charge in [-0.25, -0.2) is 0 Å².